The van der Waals surface area contributed by atoms with Crippen molar-refractivity contribution < 1.29 is 14.7 Å². The molecule has 98 valence electrons. The third-order valence-corrected chi connectivity index (χ3v) is 3.45. The van der Waals surface area contributed by atoms with E-state index in [4.69, 9.17) is 0 Å². The van der Waals surface area contributed by atoms with Gasteiger partial charge in [-0.1, -0.05) is 13.8 Å². The first kappa shape index (κ1) is 14.0. The minimum absolute atomic E-state index is 0.124. The van der Waals surface area contributed by atoms with E-state index in [0.29, 0.717) is 12.3 Å². The Morgan fingerprint density at radius 3 is 2.24 bits per heavy atom. The van der Waals surface area contributed by atoms with Gasteiger partial charge >= 0.3 is 5.97 Å². The molecule has 0 bridgehead atoms. The smallest absolute Gasteiger partial charge is 0.329 e. The predicted molar refractivity (Wildman–Crippen MR) is 65.7 cm³/mol. The van der Waals surface area contributed by atoms with Crippen LogP contribution in [0.1, 0.15) is 53.4 Å². The van der Waals surface area contributed by atoms with Gasteiger partial charge in [-0.25, -0.2) is 4.79 Å². The van der Waals surface area contributed by atoms with E-state index in [-0.39, 0.29) is 11.9 Å². The molecule has 4 nitrogen and oxygen atoms in total. The Hall–Kier alpha value is -1.06. The van der Waals surface area contributed by atoms with E-state index < -0.39 is 11.5 Å². The van der Waals surface area contributed by atoms with Gasteiger partial charge in [-0.3, -0.25) is 4.79 Å². The first-order valence-electron chi connectivity index (χ1n) is 6.32. The Labute approximate surface area is 103 Å². The maximum absolute atomic E-state index is 11.7. The number of rotatable bonds is 6. The van der Waals surface area contributed by atoms with Gasteiger partial charge in [0.1, 0.15) is 5.54 Å². The van der Waals surface area contributed by atoms with E-state index in [1.165, 1.54) is 6.92 Å². The van der Waals surface area contributed by atoms with Gasteiger partial charge in [-0.05, 0) is 38.5 Å². The highest BCUT2D eigenvalue weighted by atomic mass is 16.4. The quantitative estimate of drug-likeness (QED) is 0.776. The predicted octanol–water partition coefficient (Wildman–Crippen LogP) is 2.28. The highest BCUT2D eigenvalue weighted by Gasteiger charge is 2.47. The van der Waals surface area contributed by atoms with Crippen LogP contribution in [0.4, 0.5) is 0 Å². The van der Waals surface area contributed by atoms with Crippen molar-refractivity contribution in [2.24, 2.45) is 5.92 Å². The molecule has 1 aliphatic carbocycles. The fraction of sp³-hybridized carbons (Fsp3) is 0.846. The molecule has 1 aliphatic rings. The fourth-order valence-electron chi connectivity index (χ4n) is 2.24. The number of carboxylic acids is 1. The van der Waals surface area contributed by atoms with Crippen LogP contribution in [0.2, 0.25) is 0 Å². The van der Waals surface area contributed by atoms with Crippen LogP contribution in [0.25, 0.3) is 0 Å². The average Bonchev–Trinajstić information content (AvgIpc) is 2.98. The van der Waals surface area contributed by atoms with Crippen molar-refractivity contribution in [2.75, 3.05) is 0 Å². The summed E-state index contributed by atoms with van der Waals surface area (Å²) in [7, 11) is 0. The molecule has 0 radical (unpaired) electrons. The lowest BCUT2D eigenvalue weighted by molar-refractivity contribution is -0.159. The van der Waals surface area contributed by atoms with Crippen LogP contribution in [-0.2, 0) is 9.59 Å². The lowest BCUT2D eigenvalue weighted by Crippen LogP contribution is -2.55. The molecule has 0 aromatic rings. The second-order valence-corrected chi connectivity index (χ2v) is 5.63. The van der Waals surface area contributed by atoms with Crippen molar-refractivity contribution in [2.45, 2.75) is 65.0 Å². The van der Waals surface area contributed by atoms with Gasteiger partial charge in [0.05, 0.1) is 0 Å². The van der Waals surface area contributed by atoms with Crippen molar-refractivity contribution in [1.29, 1.82) is 0 Å². The van der Waals surface area contributed by atoms with Crippen LogP contribution in [0.3, 0.4) is 0 Å². The second kappa shape index (κ2) is 5.07. The molecule has 17 heavy (non-hydrogen) atoms. The van der Waals surface area contributed by atoms with Crippen molar-refractivity contribution in [3.05, 3.63) is 0 Å². The highest BCUT2D eigenvalue weighted by Crippen LogP contribution is 2.36. The first-order chi connectivity index (χ1) is 7.79. The fourth-order valence-corrected chi connectivity index (χ4v) is 2.24. The Bertz CT molecular complexity index is 310. The Morgan fingerprint density at radius 1 is 1.41 bits per heavy atom. The molecular weight excluding hydrogens is 218 g/mol. The highest BCUT2D eigenvalue weighted by molar-refractivity contribution is 5.86. The Kier molecular flexibility index (Phi) is 4.17. The van der Waals surface area contributed by atoms with E-state index >= 15 is 0 Å². The molecule has 0 aliphatic heterocycles. The second-order valence-electron chi connectivity index (χ2n) is 5.63. The number of nitrogens with zero attached hydrogens (tertiary/aromatic N) is 1. The summed E-state index contributed by atoms with van der Waals surface area (Å²) in [5.41, 5.74) is -1.04. The molecule has 1 N–H and O–H groups in total. The molecule has 0 aromatic heterocycles. The minimum atomic E-state index is -1.04. The molecular formula is C13H23NO3. The van der Waals surface area contributed by atoms with Crippen LogP contribution in [-0.4, -0.2) is 33.5 Å². The van der Waals surface area contributed by atoms with Gasteiger partial charge in [-0.15, -0.1) is 0 Å². The molecule has 1 amide bonds. The minimum Gasteiger partial charge on any atom is -0.480 e. The Balaban J connectivity index is 2.87. The summed E-state index contributed by atoms with van der Waals surface area (Å²) in [6, 6.07) is 0.140. The Morgan fingerprint density at radius 2 is 1.94 bits per heavy atom. The molecule has 0 heterocycles. The van der Waals surface area contributed by atoms with E-state index in [2.05, 4.69) is 13.8 Å². The molecule has 1 fully saturated rings. The third kappa shape index (κ3) is 3.20. The topological polar surface area (TPSA) is 57.6 Å². The molecule has 0 aromatic carbocycles. The van der Waals surface area contributed by atoms with Crippen LogP contribution >= 0.6 is 0 Å². The van der Waals surface area contributed by atoms with Crippen molar-refractivity contribution in [3.63, 3.8) is 0 Å². The van der Waals surface area contributed by atoms with E-state index in [1.807, 2.05) is 0 Å². The SMILES string of the molecule is CC(=O)N(C1CC1)C(C)(CCC(C)C)C(=O)O. The van der Waals surface area contributed by atoms with Crippen LogP contribution < -0.4 is 0 Å². The largest absolute Gasteiger partial charge is 0.480 e. The van der Waals surface area contributed by atoms with Crippen molar-refractivity contribution in [3.8, 4) is 0 Å². The monoisotopic (exact) mass is 241 g/mol. The lowest BCUT2D eigenvalue weighted by atomic mass is 9.89. The molecule has 1 atom stereocenters. The number of carboxylic acid groups (broad SMARTS) is 1. The number of aliphatic carboxylic acids is 1. The maximum Gasteiger partial charge on any atom is 0.329 e. The van der Waals surface area contributed by atoms with E-state index in [9.17, 15) is 14.7 Å². The van der Waals surface area contributed by atoms with E-state index in [1.54, 1.807) is 11.8 Å². The van der Waals surface area contributed by atoms with Gasteiger partial charge in [0.15, 0.2) is 0 Å². The summed E-state index contributed by atoms with van der Waals surface area (Å²) in [5.74, 6) is -0.567. The summed E-state index contributed by atoms with van der Waals surface area (Å²) >= 11 is 0. The summed E-state index contributed by atoms with van der Waals surface area (Å²) in [4.78, 5) is 24.8. The molecule has 0 spiro atoms. The molecule has 1 saturated carbocycles. The summed E-state index contributed by atoms with van der Waals surface area (Å²) in [6.07, 6.45) is 3.21. The van der Waals surface area contributed by atoms with Crippen molar-refractivity contribution in [1.82, 2.24) is 4.90 Å². The summed E-state index contributed by atoms with van der Waals surface area (Å²) < 4.78 is 0. The van der Waals surface area contributed by atoms with Gasteiger partial charge in [-0.2, -0.15) is 0 Å². The normalized spacial score (nSPS) is 18.9. The molecule has 1 unspecified atom stereocenters. The van der Waals surface area contributed by atoms with Gasteiger partial charge < -0.3 is 10.0 Å². The van der Waals surface area contributed by atoms with Gasteiger partial charge in [0.25, 0.3) is 0 Å². The molecule has 4 heteroatoms. The zero-order valence-electron chi connectivity index (χ0n) is 11.2. The number of hydrogen-bond donors (Lipinski definition) is 1. The number of amides is 1. The number of hydrogen-bond acceptors (Lipinski definition) is 2. The third-order valence-electron chi connectivity index (χ3n) is 3.45. The van der Waals surface area contributed by atoms with Crippen molar-refractivity contribution >= 4 is 11.9 Å². The number of carbonyl (C=O) groups is 2. The zero-order valence-corrected chi connectivity index (χ0v) is 11.2. The van der Waals surface area contributed by atoms with Crippen LogP contribution in [0, 0.1) is 5.92 Å². The first-order valence-corrected chi connectivity index (χ1v) is 6.32. The zero-order chi connectivity index (χ0) is 13.2. The van der Waals surface area contributed by atoms with Gasteiger partial charge in [0.2, 0.25) is 5.91 Å². The number of carbonyl (C=O) groups excluding carboxylic acids is 1. The summed E-state index contributed by atoms with van der Waals surface area (Å²) in [5, 5.41) is 9.45. The van der Waals surface area contributed by atoms with Gasteiger partial charge in [0, 0.05) is 13.0 Å². The maximum atomic E-state index is 11.7. The lowest BCUT2D eigenvalue weighted by Gasteiger charge is -2.38. The molecule has 0 saturated heterocycles. The summed E-state index contributed by atoms with van der Waals surface area (Å²) in [6.45, 7) is 7.28. The van der Waals surface area contributed by atoms with Crippen LogP contribution in [0.5, 0.6) is 0 Å². The van der Waals surface area contributed by atoms with E-state index in [0.717, 1.165) is 19.3 Å². The molecule has 1 rings (SSSR count). The average molecular weight is 241 g/mol. The van der Waals surface area contributed by atoms with Crippen LogP contribution in [0.15, 0.2) is 0 Å². The standard InChI is InChI=1S/C13H23NO3/c1-9(2)7-8-13(4,12(16)17)14(10(3)15)11-5-6-11/h9,11H,5-8H2,1-4H3,(H,16,17).